The van der Waals surface area contributed by atoms with E-state index in [0.717, 1.165) is 32.4 Å². The minimum Gasteiger partial charge on any atom is -0.370 e. The van der Waals surface area contributed by atoms with Gasteiger partial charge in [0.05, 0.1) is 5.54 Å². The van der Waals surface area contributed by atoms with Crippen LogP contribution in [0.1, 0.15) is 69.3 Å². The van der Waals surface area contributed by atoms with Crippen LogP contribution in [0.5, 0.6) is 0 Å². The minimum atomic E-state index is -0.244. The van der Waals surface area contributed by atoms with E-state index in [4.69, 9.17) is 11.6 Å². The Labute approximate surface area is 215 Å². The highest BCUT2D eigenvalue weighted by Crippen LogP contribution is 2.27. The molecule has 2 aromatic rings. The number of halogens is 1. The van der Waals surface area contributed by atoms with Crippen LogP contribution in [-0.2, 0) is 6.42 Å². The van der Waals surface area contributed by atoms with Gasteiger partial charge in [-0.3, -0.25) is 4.79 Å². The highest BCUT2D eigenvalue weighted by atomic mass is 35.5. The van der Waals surface area contributed by atoms with Crippen molar-refractivity contribution in [3.63, 3.8) is 0 Å². The number of hydrogen-bond acceptors (Lipinski definition) is 4. The topological polar surface area (TPSA) is 66.1 Å². The Hall–Kier alpha value is -2.55. The molecule has 1 atom stereocenters. The standard InChI is InChI=1S/C29H39ClN4O/c1-21(2)20-31-27-19-24(18-26(30)34-27)28(35)33-25(13-12-22-8-6-5-7-9-22)15-17-32-29(3,4)16-14-23-10-11-23/h5-9,18-19,21,23,25,32H,10-13,15,17,20H2,1-4H3,(H,31,34)(H,33,35). The second-order valence-corrected chi connectivity index (χ2v) is 10.8. The molecule has 6 heteroatoms. The second-order valence-electron chi connectivity index (χ2n) is 10.4. The fourth-order valence-electron chi connectivity index (χ4n) is 3.68. The Morgan fingerprint density at radius 3 is 2.60 bits per heavy atom. The predicted octanol–water partition coefficient (Wildman–Crippen LogP) is 5.71. The number of aromatic nitrogens is 1. The lowest BCUT2D eigenvalue weighted by Gasteiger charge is -2.24. The molecular weight excluding hydrogens is 456 g/mol. The van der Waals surface area contributed by atoms with Crippen molar-refractivity contribution < 1.29 is 4.79 Å². The summed E-state index contributed by atoms with van der Waals surface area (Å²) in [4.78, 5) is 17.5. The molecule has 0 spiro atoms. The van der Waals surface area contributed by atoms with Gasteiger partial charge in [0.2, 0.25) is 0 Å². The van der Waals surface area contributed by atoms with E-state index < -0.39 is 0 Å². The van der Waals surface area contributed by atoms with Gasteiger partial charge in [-0.05, 0) is 76.1 Å². The van der Waals surface area contributed by atoms with Crippen LogP contribution in [0.2, 0.25) is 5.15 Å². The summed E-state index contributed by atoms with van der Waals surface area (Å²) in [6, 6.07) is 13.8. The molecule has 1 heterocycles. The number of benzene rings is 1. The van der Waals surface area contributed by atoms with E-state index in [1.807, 2.05) is 6.07 Å². The number of anilines is 1. The molecule has 3 N–H and O–H groups in total. The monoisotopic (exact) mass is 494 g/mol. The molecule has 1 amide bonds. The van der Waals surface area contributed by atoms with Crippen LogP contribution in [0.4, 0.5) is 5.82 Å². The molecule has 0 radical (unpaired) electrons. The van der Waals surface area contributed by atoms with Gasteiger partial charge in [0.15, 0.2) is 0 Å². The van der Waals surface area contributed by atoms with E-state index in [0.29, 0.717) is 28.4 Å². The molecule has 5 nitrogen and oxygen atoms in total. The fourth-order valence-corrected chi connectivity index (χ4v) is 3.89. The number of aryl methyl sites for hydroxylation is 1. The zero-order chi connectivity index (χ0) is 25.3. The van der Waals surface area contributed by atoms with Gasteiger partial charge in [0, 0.05) is 24.1 Å². The average Bonchev–Trinajstić information content (AvgIpc) is 3.65. The SMILES string of the molecule is CC(C)CNc1cc(C(=O)NC(CCNC(C)(C)C#CC2CC2)CCc2ccccc2)cc(Cl)n1. The van der Waals surface area contributed by atoms with E-state index in [-0.39, 0.29) is 17.5 Å². The molecule has 0 aliphatic heterocycles. The Bertz CT molecular complexity index is 1020. The van der Waals surface area contributed by atoms with E-state index in [9.17, 15) is 4.79 Å². The first-order valence-electron chi connectivity index (χ1n) is 12.7. The van der Waals surface area contributed by atoms with Crippen LogP contribution in [0.3, 0.4) is 0 Å². The van der Waals surface area contributed by atoms with Gasteiger partial charge < -0.3 is 16.0 Å². The van der Waals surface area contributed by atoms with E-state index in [1.165, 1.54) is 18.4 Å². The van der Waals surface area contributed by atoms with E-state index in [1.54, 1.807) is 12.1 Å². The minimum absolute atomic E-state index is 0.0152. The van der Waals surface area contributed by atoms with Crippen LogP contribution < -0.4 is 16.0 Å². The molecule has 0 bridgehead atoms. The summed E-state index contributed by atoms with van der Waals surface area (Å²) < 4.78 is 0. The molecule has 1 fully saturated rings. The maximum Gasteiger partial charge on any atom is 0.251 e. The van der Waals surface area contributed by atoms with Crippen LogP contribution in [-0.4, -0.2) is 35.6 Å². The highest BCUT2D eigenvalue weighted by molar-refractivity contribution is 6.29. The summed E-state index contributed by atoms with van der Waals surface area (Å²) in [5.41, 5.74) is 1.54. The van der Waals surface area contributed by atoms with Crippen molar-refractivity contribution in [3.8, 4) is 11.8 Å². The third kappa shape index (κ3) is 10.3. The molecule has 0 saturated heterocycles. The molecule has 1 aromatic heterocycles. The van der Waals surface area contributed by atoms with Crippen molar-refractivity contribution in [2.45, 2.75) is 71.4 Å². The average molecular weight is 495 g/mol. The Balaban J connectivity index is 1.63. The number of amides is 1. The van der Waals surface area contributed by atoms with Crippen molar-refractivity contribution >= 4 is 23.3 Å². The Kier molecular flexibility index (Phi) is 10.0. The van der Waals surface area contributed by atoms with Crippen molar-refractivity contribution in [3.05, 3.63) is 58.7 Å². The first kappa shape index (κ1) is 27.0. The molecule has 1 aliphatic carbocycles. The molecule has 1 aromatic carbocycles. The normalized spacial score (nSPS) is 14.2. The number of carbonyl (C=O) groups is 1. The van der Waals surface area contributed by atoms with Crippen molar-refractivity contribution in [2.75, 3.05) is 18.4 Å². The summed E-state index contributed by atoms with van der Waals surface area (Å²) in [5, 5.41) is 10.4. The lowest BCUT2D eigenvalue weighted by Crippen LogP contribution is -2.42. The number of nitrogens with zero attached hydrogens (tertiary/aromatic N) is 1. The van der Waals surface area contributed by atoms with Crippen molar-refractivity contribution in [1.82, 2.24) is 15.6 Å². The molecule has 35 heavy (non-hydrogen) atoms. The lowest BCUT2D eigenvalue weighted by molar-refractivity contribution is 0.0932. The van der Waals surface area contributed by atoms with Crippen molar-refractivity contribution in [1.29, 1.82) is 0 Å². The van der Waals surface area contributed by atoms with Gasteiger partial charge in [-0.2, -0.15) is 0 Å². The molecule has 1 saturated carbocycles. The van der Waals surface area contributed by atoms with Gasteiger partial charge in [-0.25, -0.2) is 4.98 Å². The fraction of sp³-hybridized carbons (Fsp3) is 0.517. The smallest absolute Gasteiger partial charge is 0.251 e. The largest absolute Gasteiger partial charge is 0.370 e. The summed E-state index contributed by atoms with van der Waals surface area (Å²) >= 11 is 6.22. The van der Waals surface area contributed by atoms with Gasteiger partial charge >= 0.3 is 0 Å². The quantitative estimate of drug-likeness (QED) is 0.261. The number of hydrogen-bond donors (Lipinski definition) is 3. The van der Waals surface area contributed by atoms with E-state index >= 15 is 0 Å². The van der Waals surface area contributed by atoms with Crippen LogP contribution >= 0.6 is 11.6 Å². The summed E-state index contributed by atoms with van der Waals surface area (Å²) in [6.45, 7) is 10.0. The number of carbonyl (C=O) groups excluding carboxylic acids is 1. The zero-order valence-corrected chi connectivity index (χ0v) is 22.2. The third-order valence-corrected chi connectivity index (χ3v) is 6.13. The lowest BCUT2D eigenvalue weighted by atomic mass is 10.0. The van der Waals surface area contributed by atoms with Gasteiger partial charge in [0.25, 0.3) is 5.91 Å². The van der Waals surface area contributed by atoms with Crippen LogP contribution in [0, 0.1) is 23.7 Å². The maximum absolute atomic E-state index is 13.2. The number of rotatable bonds is 12. The molecule has 188 valence electrons. The van der Waals surface area contributed by atoms with Gasteiger partial charge in [-0.1, -0.05) is 67.6 Å². The zero-order valence-electron chi connectivity index (χ0n) is 21.5. The number of nitrogens with one attached hydrogen (secondary N) is 3. The predicted molar refractivity (Wildman–Crippen MR) is 146 cm³/mol. The first-order valence-corrected chi connectivity index (χ1v) is 13.1. The number of pyridine rings is 1. The molecular formula is C29H39ClN4O. The van der Waals surface area contributed by atoms with Gasteiger partial charge in [0.1, 0.15) is 11.0 Å². The van der Waals surface area contributed by atoms with Crippen molar-refractivity contribution in [2.24, 2.45) is 11.8 Å². The first-order chi connectivity index (χ1) is 16.7. The Morgan fingerprint density at radius 1 is 1.17 bits per heavy atom. The van der Waals surface area contributed by atoms with Gasteiger partial charge in [-0.15, -0.1) is 0 Å². The molecule has 1 aliphatic rings. The summed E-state index contributed by atoms with van der Waals surface area (Å²) in [6.07, 6.45) is 5.01. The van der Waals surface area contributed by atoms with Crippen LogP contribution in [0.25, 0.3) is 0 Å². The molecule has 3 rings (SSSR count). The second kappa shape index (κ2) is 13.0. The van der Waals surface area contributed by atoms with E-state index in [2.05, 4.69) is 84.7 Å². The highest BCUT2D eigenvalue weighted by Gasteiger charge is 2.21. The van der Waals surface area contributed by atoms with Crippen LogP contribution in [0.15, 0.2) is 42.5 Å². The molecule has 1 unspecified atom stereocenters. The third-order valence-electron chi connectivity index (χ3n) is 5.93. The Morgan fingerprint density at radius 2 is 1.91 bits per heavy atom. The summed E-state index contributed by atoms with van der Waals surface area (Å²) in [5.74, 6) is 8.26. The summed E-state index contributed by atoms with van der Waals surface area (Å²) in [7, 11) is 0. The maximum atomic E-state index is 13.2.